The van der Waals surface area contributed by atoms with Crippen LogP contribution in [0.1, 0.15) is 5.69 Å². The molecule has 2 aliphatic heterocycles. The number of morpholine rings is 1. The Labute approximate surface area is 126 Å². The highest BCUT2D eigenvalue weighted by molar-refractivity contribution is 5.55. The molecule has 3 heterocycles. The summed E-state index contributed by atoms with van der Waals surface area (Å²) in [4.78, 5) is 5.45. The van der Waals surface area contributed by atoms with Crippen LogP contribution in [0.3, 0.4) is 0 Å². The van der Waals surface area contributed by atoms with Gasteiger partial charge in [0, 0.05) is 25.3 Å². The highest BCUT2D eigenvalue weighted by atomic mass is 19.4. The molecule has 1 aromatic rings. The van der Waals surface area contributed by atoms with Crippen LogP contribution in [0, 0.1) is 0 Å². The Bertz CT molecular complexity index is 575. The maximum Gasteiger partial charge on any atom is 0.433 e. The molecule has 0 amide bonds. The zero-order valence-electron chi connectivity index (χ0n) is 11.8. The Morgan fingerprint density at radius 2 is 2.18 bits per heavy atom. The van der Waals surface area contributed by atoms with Crippen LogP contribution in [0.15, 0.2) is 42.3 Å². The number of halogens is 3. The second-order valence-electron chi connectivity index (χ2n) is 5.09. The third-order valence-corrected chi connectivity index (χ3v) is 3.61. The van der Waals surface area contributed by atoms with E-state index in [-0.39, 0.29) is 6.10 Å². The van der Waals surface area contributed by atoms with Crippen molar-refractivity contribution in [1.29, 1.82) is 0 Å². The van der Waals surface area contributed by atoms with Crippen molar-refractivity contribution < 1.29 is 17.9 Å². The Balaban J connectivity index is 1.83. The Hall–Kier alpha value is -1.86. The first kappa shape index (κ1) is 15.1. The van der Waals surface area contributed by atoms with Gasteiger partial charge in [-0.2, -0.15) is 13.2 Å². The average molecular weight is 311 g/mol. The Morgan fingerprint density at radius 1 is 1.32 bits per heavy atom. The first-order valence-electron chi connectivity index (χ1n) is 7.05. The lowest BCUT2D eigenvalue weighted by molar-refractivity contribution is -0.141. The highest BCUT2D eigenvalue weighted by Crippen LogP contribution is 2.30. The number of pyridine rings is 1. The van der Waals surface area contributed by atoms with Crippen LogP contribution >= 0.6 is 0 Å². The van der Waals surface area contributed by atoms with E-state index in [9.17, 15) is 13.2 Å². The molecule has 118 valence electrons. The van der Waals surface area contributed by atoms with Gasteiger partial charge in [-0.05, 0) is 18.2 Å². The largest absolute Gasteiger partial charge is 0.433 e. The van der Waals surface area contributed by atoms with Crippen LogP contribution in [0.4, 0.5) is 18.9 Å². The van der Waals surface area contributed by atoms with Gasteiger partial charge in [-0.3, -0.25) is 0 Å². The summed E-state index contributed by atoms with van der Waals surface area (Å²) >= 11 is 0. The van der Waals surface area contributed by atoms with Gasteiger partial charge >= 0.3 is 6.18 Å². The minimum atomic E-state index is -4.42. The SMILES string of the molecule is FC(F)(F)c1ccc(N2CC=CC=C2[C@H]2CNCCO2)cn1. The molecule has 0 radical (unpaired) electrons. The number of alkyl halides is 3. The number of nitrogens with zero attached hydrogens (tertiary/aromatic N) is 2. The van der Waals surface area contributed by atoms with E-state index in [1.807, 2.05) is 23.1 Å². The highest BCUT2D eigenvalue weighted by Gasteiger charge is 2.32. The van der Waals surface area contributed by atoms with E-state index < -0.39 is 11.9 Å². The van der Waals surface area contributed by atoms with E-state index in [2.05, 4.69) is 10.3 Å². The van der Waals surface area contributed by atoms with Crippen molar-refractivity contribution in [3.05, 3.63) is 47.9 Å². The normalized spacial score (nSPS) is 22.6. The van der Waals surface area contributed by atoms with Gasteiger partial charge in [-0.1, -0.05) is 12.2 Å². The smallest absolute Gasteiger partial charge is 0.369 e. The molecule has 1 N–H and O–H groups in total. The summed E-state index contributed by atoms with van der Waals surface area (Å²) in [6.45, 7) is 2.69. The standard InChI is InChI=1S/C15H16F3N3O/c16-15(17,18)14-5-4-11(9-20-14)21-7-2-1-3-12(21)13-10-19-6-8-22-13/h1-5,9,13,19H,6-8,10H2/t13-/m1/s1. The van der Waals surface area contributed by atoms with E-state index >= 15 is 0 Å². The fourth-order valence-electron chi connectivity index (χ4n) is 2.53. The summed E-state index contributed by atoms with van der Waals surface area (Å²) in [7, 11) is 0. The van der Waals surface area contributed by atoms with E-state index in [1.165, 1.54) is 12.3 Å². The van der Waals surface area contributed by atoms with E-state index in [0.29, 0.717) is 25.4 Å². The monoisotopic (exact) mass is 311 g/mol. The molecule has 1 atom stereocenters. The van der Waals surface area contributed by atoms with Crippen molar-refractivity contribution in [3.63, 3.8) is 0 Å². The number of nitrogens with one attached hydrogen (secondary N) is 1. The lowest BCUT2D eigenvalue weighted by atomic mass is 10.1. The van der Waals surface area contributed by atoms with Gasteiger partial charge in [0.05, 0.1) is 18.5 Å². The van der Waals surface area contributed by atoms with Crippen LogP contribution in [0.2, 0.25) is 0 Å². The molecule has 3 rings (SSSR count). The third kappa shape index (κ3) is 3.15. The van der Waals surface area contributed by atoms with Gasteiger partial charge in [0.2, 0.25) is 0 Å². The number of hydrogen-bond donors (Lipinski definition) is 1. The summed E-state index contributed by atoms with van der Waals surface area (Å²) in [6.07, 6.45) is 2.53. The number of allylic oxidation sites excluding steroid dienone is 2. The average Bonchev–Trinajstić information content (AvgIpc) is 2.55. The first-order chi connectivity index (χ1) is 10.6. The summed E-state index contributed by atoms with van der Waals surface area (Å²) in [5.41, 5.74) is 0.666. The third-order valence-electron chi connectivity index (χ3n) is 3.61. The number of rotatable bonds is 2. The maximum atomic E-state index is 12.6. The molecule has 22 heavy (non-hydrogen) atoms. The summed E-state index contributed by atoms with van der Waals surface area (Å²) < 4.78 is 43.5. The zero-order valence-corrected chi connectivity index (χ0v) is 11.8. The number of anilines is 1. The van der Waals surface area contributed by atoms with Crippen LogP contribution in [-0.2, 0) is 10.9 Å². The predicted molar refractivity (Wildman–Crippen MR) is 76.4 cm³/mol. The molecule has 1 saturated heterocycles. The van der Waals surface area contributed by atoms with Crippen molar-refractivity contribution in [1.82, 2.24) is 10.3 Å². The molecule has 2 aliphatic rings. The molecule has 4 nitrogen and oxygen atoms in total. The lowest BCUT2D eigenvalue weighted by Crippen LogP contribution is -2.44. The summed E-state index contributed by atoms with van der Waals surface area (Å²) in [5, 5.41) is 3.25. The van der Waals surface area contributed by atoms with Crippen molar-refractivity contribution in [2.24, 2.45) is 0 Å². The second kappa shape index (κ2) is 6.10. The molecule has 0 aromatic carbocycles. The topological polar surface area (TPSA) is 37.4 Å². The maximum absolute atomic E-state index is 12.6. The quantitative estimate of drug-likeness (QED) is 0.910. The number of aromatic nitrogens is 1. The van der Waals surface area contributed by atoms with Crippen LogP contribution in [0.5, 0.6) is 0 Å². The molecule has 7 heteroatoms. The summed E-state index contributed by atoms with van der Waals surface area (Å²) in [6, 6.07) is 2.45. The van der Waals surface area contributed by atoms with E-state index in [4.69, 9.17) is 4.74 Å². The van der Waals surface area contributed by atoms with Gasteiger partial charge in [0.15, 0.2) is 0 Å². The van der Waals surface area contributed by atoms with Gasteiger partial charge in [-0.25, -0.2) is 4.98 Å². The molecule has 0 unspecified atom stereocenters. The zero-order chi connectivity index (χ0) is 15.6. The second-order valence-corrected chi connectivity index (χ2v) is 5.09. The molecule has 1 fully saturated rings. The van der Waals surface area contributed by atoms with Gasteiger partial charge < -0.3 is 15.0 Å². The Morgan fingerprint density at radius 3 is 2.82 bits per heavy atom. The minimum absolute atomic E-state index is 0.110. The molecule has 0 saturated carbocycles. The summed E-state index contributed by atoms with van der Waals surface area (Å²) in [5.74, 6) is 0. The van der Waals surface area contributed by atoms with E-state index in [1.54, 1.807) is 0 Å². The van der Waals surface area contributed by atoms with Crippen molar-refractivity contribution in [2.75, 3.05) is 31.1 Å². The Kier molecular flexibility index (Phi) is 4.17. The van der Waals surface area contributed by atoms with Gasteiger partial charge in [-0.15, -0.1) is 0 Å². The lowest BCUT2D eigenvalue weighted by Gasteiger charge is -2.35. The number of hydrogen-bond acceptors (Lipinski definition) is 4. The van der Waals surface area contributed by atoms with Crippen molar-refractivity contribution in [3.8, 4) is 0 Å². The molecule has 0 aliphatic carbocycles. The fraction of sp³-hybridized carbons (Fsp3) is 0.400. The number of ether oxygens (including phenoxy) is 1. The van der Waals surface area contributed by atoms with Crippen LogP contribution < -0.4 is 10.2 Å². The molecule has 1 aromatic heterocycles. The van der Waals surface area contributed by atoms with E-state index in [0.717, 1.165) is 18.3 Å². The first-order valence-corrected chi connectivity index (χ1v) is 7.05. The van der Waals surface area contributed by atoms with Crippen molar-refractivity contribution >= 4 is 5.69 Å². The molecular formula is C15H16F3N3O. The molecule has 0 bridgehead atoms. The molecular weight excluding hydrogens is 295 g/mol. The fourth-order valence-corrected chi connectivity index (χ4v) is 2.53. The van der Waals surface area contributed by atoms with Crippen LogP contribution in [-0.4, -0.2) is 37.3 Å². The minimum Gasteiger partial charge on any atom is -0.369 e. The van der Waals surface area contributed by atoms with Crippen LogP contribution in [0.25, 0.3) is 0 Å². The molecule has 0 spiro atoms. The van der Waals surface area contributed by atoms with Gasteiger partial charge in [0.1, 0.15) is 11.8 Å². The van der Waals surface area contributed by atoms with Gasteiger partial charge in [0.25, 0.3) is 0 Å². The van der Waals surface area contributed by atoms with Crippen molar-refractivity contribution in [2.45, 2.75) is 12.3 Å². The predicted octanol–water partition coefficient (Wildman–Crippen LogP) is 2.35.